The predicted molar refractivity (Wildman–Crippen MR) is 50.1 cm³/mol. The zero-order chi connectivity index (χ0) is 8.81. The summed E-state index contributed by atoms with van der Waals surface area (Å²) in [5, 5.41) is 0. The Morgan fingerprint density at radius 3 is 2.92 bits per heavy atom. The Balaban J connectivity index is 1.96. The molecule has 1 unspecified atom stereocenters. The Kier molecular flexibility index (Phi) is 4.30. The average molecular weight is 169 g/mol. The smallest absolute Gasteiger partial charge is 0.119 e. The quantitative estimate of drug-likeness (QED) is 0.461. The van der Waals surface area contributed by atoms with Gasteiger partial charge in [-0.1, -0.05) is 6.92 Å². The molecule has 2 nitrogen and oxygen atoms in total. The van der Waals surface area contributed by atoms with Gasteiger partial charge in [-0.25, -0.2) is 0 Å². The lowest BCUT2D eigenvalue weighted by atomic mass is 10.2. The highest BCUT2D eigenvalue weighted by atomic mass is 16.1. The molecule has 1 fully saturated rings. The van der Waals surface area contributed by atoms with Gasteiger partial charge in [0.1, 0.15) is 6.29 Å². The fraction of sp³-hybridized carbons (Fsp3) is 0.900. The summed E-state index contributed by atoms with van der Waals surface area (Å²) in [6.45, 7) is 6.03. The van der Waals surface area contributed by atoms with E-state index >= 15 is 0 Å². The lowest BCUT2D eigenvalue weighted by Crippen LogP contribution is -2.21. The van der Waals surface area contributed by atoms with Gasteiger partial charge in [0.15, 0.2) is 0 Å². The molecule has 2 heteroatoms. The maximum absolute atomic E-state index is 10.0. The minimum atomic E-state index is 0.739. The second-order valence-corrected chi connectivity index (χ2v) is 3.86. The van der Waals surface area contributed by atoms with E-state index < -0.39 is 0 Å². The number of likely N-dealkylation sites (tertiary alicyclic amines) is 1. The fourth-order valence-corrected chi connectivity index (χ4v) is 1.79. The third kappa shape index (κ3) is 3.35. The van der Waals surface area contributed by atoms with Crippen LogP contribution in [0, 0.1) is 5.92 Å². The molecular weight excluding hydrogens is 150 g/mol. The van der Waals surface area contributed by atoms with Crippen molar-refractivity contribution < 1.29 is 4.79 Å². The molecule has 0 N–H and O–H groups in total. The molecule has 0 spiro atoms. The van der Waals surface area contributed by atoms with E-state index in [4.69, 9.17) is 0 Å². The molecule has 0 aromatic rings. The molecule has 1 aliphatic heterocycles. The Morgan fingerprint density at radius 1 is 1.50 bits per heavy atom. The summed E-state index contributed by atoms with van der Waals surface area (Å²) in [4.78, 5) is 12.5. The van der Waals surface area contributed by atoms with Crippen molar-refractivity contribution in [2.75, 3.05) is 19.6 Å². The molecule has 0 bridgehead atoms. The molecule has 0 radical (unpaired) electrons. The van der Waals surface area contributed by atoms with Gasteiger partial charge in [0.05, 0.1) is 0 Å². The monoisotopic (exact) mass is 169 g/mol. The van der Waals surface area contributed by atoms with Crippen molar-refractivity contribution in [3.63, 3.8) is 0 Å². The van der Waals surface area contributed by atoms with Gasteiger partial charge in [0.2, 0.25) is 0 Å². The standard InChI is InChI=1S/C10H19NO/c1-10-5-7-11(9-10)6-3-2-4-8-12/h8,10H,2-7,9H2,1H3. The van der Waals surface area contributed by atoms with E-state index in [9.17, 15) is 4.79 Å². The van der Waals surface area contributed by atoms with Crippen LogP contribution in [-0.2, 0) is 4.79 Å². The average Bonchev–Trinajstić information content (AvgIpc) is 2.45. The summed E-state index contributed by atoms with van der Waals surface area (Å²) in [5.74, 6) is 0.885. The number of carbonyl (C=O) groups is 1. The molecule has 0 aromatic heterocycles. The first-order valence-corrected chi connectivity index (χ1v) is 4.99. The Hall–Kier alpha value is -0.370. The molecule has 1 rings (SSSR count). The van der Waals surface area contributed by atoms with Crippen LogP contribution < -0.4 is 0 Å². The summed E-state index contributed by atoms with van der Waals surface area (Å²) in [5.41, 5.74) is 0. The summed E-state index contributed by atoms with van der Waals surface area (Å²) in [6.07, 6.45) is 5.36. The molecule has 1 aliphatic rings. The van der Waals surface area contributed by atoms with Crippen LogP contribution >= 0.6 is 0 Å². The second-order valence-electron chi connectivity index (χ2n) is 3.86. The summed E-state index contributed by atoms with van der Waals surface area (Å²) >= 11 is 0. The molecule has 1 heterocycles. The van der Waals surface area contributed by atoms with Crippen molar-refractivity contribution >= 4 is 6.29 Å². The topological polar surface area (TPSA) is 20.3 Å². The van der Waals surface area contributed by atoms with Gasteiger partial charge >= 0.3 is 0 Å². The van der Waals surface area contributed by atoms with E-state index in [1.807, 2.05) is 0 Å². The normalized spacial score (nSPS) is 24.6. The summed E-state index contributed by atoms with van der Waals surface area (Å²) in [6, 6.07) is 0. The maximum atomic E-state index is 10.0. The largest absolute Gasteiger partial charge is 0.303 e. The van der Waals surface area contributed by atoms with Crippen LogP contribution in [0.2, 0.25) is 0 Å². The number of hydrogen-bond donors (Lipinski definition) is 0. The Bertz CT molecular complexity index is 136. The van der Waals surface area contributed by atoms with E-state index in [0.29, 0.717) is 0 Å². The van der Waals surface area contributed by atoms with Crippen molar-refractivity contribution in [1.82, 2.24) is 4.90 Å². The molecule has 0 aliphatic carbocycles. The van der Waals surface area contributed by atoms with Gasteiger partial charge in [-0.3, -0.25) is 0 Å². The molecule has 0 saturated carbocycles. The first-order chi connectivity index (χ1) is 5.83. The molecular formula is C10H19NO. The first kappa shape index (κ1) is 9.72. The highest BCUT2D eigenvalue weighted by Crippen LogP contribution is 2.15. The second kappa shape index (κ2) is 5.31. The van der Waals surface area contributed by atoms with Crippen LogP contribution in [0.3, 0.4) is 0 Å². The van der Waals surface area contributed by atoms with Crippen molar-refractivity contribution in [1.29, 1.82) is 0 Å². The molecule has 1 saturated heterocycles. The lowest BCUT2D eigenvalue weighted by molar-refractivity contribution is -0.107. The predicted octanol–water partition coefficient (Wildman–Crippen LogP) is 1.70. The molecule has 70 valence electrons. The summed E-state index contributed by atoms with van der Waals surface area (Å²) < 4.78 is 0. The third-order valence-electron chi connectivity index (χ3n) is 2.55. The van der Waals surface area contributed by atoms with Crippen molar-refractivity contribution in [2.24, 2.45) is 5.92 Å². The van der Waals surface area contributed by atoms with Crippen LogP contribution in [0.25, 0.3) is 0 Å². The fourth-order valence-electron chi connectivity index (χ4n) is 1.79. The van der Waals surface area contributed by atoms with E-state index in [1.165, 1.54) is 32.5 Å². The van der Waals surface area contributed by atoms with Gasteiger partial charge in [-0.15, -0.1) is 0 Å². The van der Waals surface area contributed by atoms with Gasteiger partial charge < -0.3 is 9.69 Å². The van der Waals surface area contributed by atoms with E-state index in [2.05, 4.69) is 11.8 Å². The van der Waals surface area contributed by atoms with Crippen molar-refractivity contribution in [3.8, 4) is 0 Å². The number of aldehydes is 1. The zero-order valence-corrected chi connectivity index (χ0v) is 7.96. The van der Waals surface area contributed by atoms with Crippen LogP contribution in [0.4, 0.5) is 0 Å². The molecule has 0 amide bonds. The molecule has 0 aromatic carbocycles. The molecule has 1 atom stereocenters. The number of unbranched alkanes of at least 4 members (excludes halogenated alkanes) is 2. The maximum Gasteiger partial charge on any atom is 0.119 e. The van der Waals surface area contributed by atoms with E-state index in [-0.39, 0.29) is 0 Å². The number of hydrogen-bond acceptors (Lipinski definition) is 2. The minimum Gasteiger partial charge on any atom is -0.303 e. The Labute approximate surface area is 74.9 Å². The lowest BCUT2D eigenvalue weighted by Gasteiger charge is -2.13. The highest BCUT2D eigenvalue weighted by molar-refractivity contribution is 5.48. The van der Waals surface area contributed by atoms with Gasteiger partial charge in [-0.2, -0.15) is 0 Å². The van der Waals surface area contributed by atoms with Crippen LogP contribution in [0.5, 0.6) is 0 Å². The number of carbonyl (C=O) groups excluding carboxylic acids is 1. The van der Waals surface area contributed by atoms with Crippen LogP contribution in [0.1, 0.15) is 32.6 Å². The SMILES string of the molecule is CC1CCN(CCCCC=O)C1. The van der Waals surface area contributed by atoms with Crippen LogP contribution in [0.15, 0.2) is 0 Å². The number of rotatable bonds is 5. The van der Waals surface area contributed by atoms with Crippen molar-refractivity contribution in [2.45, 2.75) is 32.6 Å². The van der Waals surface area contributed by atoms with Crippen molar-refractivity contribution in [3.05, 3.63) is 0 Å². The zero-order valence-electron chi connectivity index (χ0n) is 7.96. The Morgan fingerprint density at radius 2 is 2.33 bits per heavy atom. The summed E-state index contributed by atoms with van der Waals surface area (Å²) in [7, 11) is 0. The first-order valence-electron chi connectivity index (χ1n) is 4.99. The van der Waals surface area contributed by atoms with Crippen LogP contribution in [-0.4, -0.2) is 30.8 Å². The van der Waals surface area contributed by atoms with Gasteiger partial charge in [0.25, 0.3) is 0 Å². The highest BCUT2D eigenvalue weighted by Gasteiger charge is 2.17. The van der Waals surface area contributed by atoms with Gasteiger partial charge in [0, 0.05) is 13.0 Å². The van der Waals surface area contributed by atoms with Gasteiger partial charge in [-0.05, 0) is 38.3 Å². The number of nitrogens with zero attached hydrogens (tertiary/aromatic N) is 1. The van der Waals surface area contributed by atoms with E-state index in [1.54, 1.807) is 0 Å². The minimum absolute atomic E-state index is 0.739. The molecule has 12 heavy (non-hydrogen) atoms. The van der Waals surface area contributed by atoms with E-state index in [0.717, 1.165) is 25.0 Å². The third-order valence-corrected chi connectivity index (χ3v) is 2.55.